The second-order valence-electron chi connectivity index (χ2n) is 8.46. The van der Waals surface area contributed by atoms with E-state index in [1.54, 1.807) is 4.90 Å². The molecule has 0 radical (unpaired) electrons. The number of hydrogen-bond donors (Lipinski definition) is 0. The van der Waals surface area contributed by atoms with E-state index in [0.717, 1.165) is 10.0 Å². The highest BCUT2D eigenvalue weighted by molar-refractivity contribution is 9.10. The number of rotatable bonds is 2. The van der Waals surface area contributed by atoms with E-state index in [4.69, 9.17) is 9.47 Å². The average molecular weight is 453 g/mol. The van der Waals surface area contributed by atoms with E-state index in [2.05, 4.69) is 15.9 Å². The lowest BCUT2D eigenvalue weighted by molar-refractivity contribution is -0.143. The van der Waals surface area contributed by atoms with Gasteiger partial charge in [-0.15, -0.1) is 0 Å². The van der Waals surface area contributed by atoms with Crippen LogP contribution in [0.3, 0.4) is 0 Å². The number of benzene rings is 1. The zero-order valence-corrected chi connectivity index (χ0v) is 18.5. The number of halogens is 1. The van der Waals surface area contributed by atoms with Crippen molar-refractivity contribution in [3.05, 3.63) is 34.3 Å². The van der Waals surface area contributed by atoms with Crippen molar-refractivity contribution in [3.63, 3.8) is 0 Å². The predicted octanol–water partition coefficient (Wildman–Crippen LogP) is 3.58. The molecule has 2 saturated heterocycles. The van der Waals surface area contributed by atoms with Gasteiger partial charge in [0.15, 0.2) is 0 Å². The van der Waals surface area contributed by atoms with E-state index in [1.165, 1.54) is 0 Å². The monoisotopic (exact) mass is 452 g/mol. The van der Waals surface area contributed by atoms with Gasteiger partial charge in [-0.3, -0.25) is 4.79 Å². The zero-order valence-electron chi connectivity index (χ0n) is 16.9. The van der Waals surface area contributed by atoms with Crippen molar-refractivity contribution >= 4 is 27.9 Å². The number of nitrogens with zero attached hydrogens (tertiary/aromatic N) is 2. The Labute approximate surface area is 175 Å². The highest BCUT2D eigenvalue weighted by atomic mass is 79.9. The molecule has 1 aromatic rings. The second-order valence-corrected chi connectivity index (χ2v) is 9.38. The summed E-state index contributed by atoms with van der Waals surface area (Å²) >= 11 is 3.47. The molecule has 0 spiro atoms. The third-order valence-corrected chi connectivity index (χ3v) is 5.90. The molecule has 0 aromatic heterocycles. The lowest BCUT2D eigenvalue weighted by Crippen LogP contribution is -2.57. The summed E-state index contributed by atoms with van der Waals surface area (Å²) in [7, 11) is 0. The van der Waals surface area contributed by atoms with Crippen LogP contribution in [0.4, 0.5) is 4.79 Å². The molecule has 0 atom stereocenters. The van der Waals surface area contributed by atoms with Crippen molar-refractivity contribution in [2.24, 2.45) is 0 Å². The minimum Gasteiger partial charge on any atom is -0.444 e. The summed E-state index contributed by atoms with van der Waals surface area (Å²) in [4.78, 5) is 29.5. The summed E-state index contributed by atoms with van der Waals surface area (Å²) in [5.41, 5.74) is -0.0243. The minimum atomic E-state index is -0.549. The van der Waals surface area contributed by atoms with Crippen LogP contribution in [0.25, 0.3) is 0 Å². The highest BCUT2D eigenvalue weighted by Gasteiger charge is 2.44. The second kappa shape index (κ2) is 8.41. The molecule has 2 heterocycles. The molecule has 1 aromatic carbocycles. The summed E-state index contributed by atoms with van der Waals surface area (Å²) in [6.07, 6.45) is 1.05. The Morgan fingerprint density at radius 1 is 1.00 bits per heavy atom. The quantitative estimate of drug-likeness (QED) is 0.687. The molecule has 0 unspecified atom stereocenters. The molecule has 0 bridgehead atoms. The van der Waals surface area contributed by atoms with Crippen LogP contribution in [0, 0.1) is 0 Å². The Hall–Kier alpha value is -1.60. The molecule has 7 heteroatoms. The lowest BCUT2D eigenvalue weighted by Gasteiger charge is -2.43. The molecule has 3 rings (SSSR count). The molecular formula is C21H29BrN2O4. The molecule has 2 fully saturated rings. The topological polar surface area (TPSA) is 59.1 Å². The summed E-state index contributed by atoms with van der Waals surface area (Å²) in [5, 5.41) is 0. The third kappa shape index (κ3) is 4.69. The predicted molar refractivity (Wildman–Crippen MR) is 110 cm³/mol. The fourth-order valence-electron chi connectivity index (χ4n) is 3.84. The first-order valence-corrected chi connectivity index (χ1v) is 10.6. The fraction of sp³-hybridized carbons (Fsp3) is 0.619. The van der Waals surface area contributed by atoms with Gasteiger partial charge in [-0.1, -0.05) is 28.1 Å². The van der Waals surface area contributed by atoms with E-state index in [0.29, 0.717) is 52.2 Å². The van der Waals surface area contributed by atoms with Gasteiger partial charge in [0.2, 0.25) is 5.91 Å². The van der Waals surface area contributed by atoms with Crippen LogP contribution in [0.1, 0.15) is 39.2 Å². The van der Waals surface area contributed by atoms with Gasteiger partial charge in [-0.25, -0.2) is 4.79 Å². The summed E-state index contributed by atoms with van der Waals surface area (Å²) in [6, 6.07) is 8.04. The Morgan fingerprint density at radius 2 is 1.54 bits per heavy atom. The lowest BCUT2D eigenvalue weighted by atomic mass is 9.73. The molecule has 154 valence electrons. The molecule has 2 aliphatic rings. The molecule has 28 heavy (non-hydrogen) atoms. The highest BCUT2D eigenvalue weighted by Crippen LogP contribution is 2.37. The molecular weight excluding hydrogens is 424 g/mol. The van der Waals surface area contributed by atoms with Crippen molar-refractivity contribution in [3.8, 4) is 0 Å². The maximum atomic E-state index is 13.6. The van der Waals surface area contributed by atoms with Crippen LogP contribution in [-0.4, -0.2) is 66.8 Å². The summed E-state index contributed by atoms with van der Waals surface area (Å²) in [5.74, 6) is 0.141. The first-order chi connectivity index (χ1) is 13.2. The number of hydrogen-bond acceptors (Lipinski definition) is 4. The summed E-state index contributed by atoms with van der Waals surface area (Å²) in [6.45, 7) is 8.78. The van der Waals surface area contributed by atoms with Crippen molar-refractivity contribution in [2.45, 2.75) is 44.6 Å². The SMILES string of the molecule is CC(C)(C)OC(=O)N1CCN(C(=O)C2(c3ccc(Br)cc3)CCOCC2)CC1. The minimum absolute atomic E-state index is 0.141. The molecule has 0 N–H and O–H groups in total. The van der Waals surface area contributed by atoms with Crippen LogP contribution in [0.2, 0.25) is 0 Å². The molecule has 2 amide bonds. The van der Waals surface area contributed by atoms with Gasteiger partial charge in [0, 0.05) is 43.9 Å². The fourth-order valence-corrected chi connectivity index (χ4v) is 4.10. The maximum Gasteiger partial charge on any atom is 0.410 e. The third-order valence-electron chi connectivity index (χ3n) is 5.37. The smallest absolute Gasteiger partial charge is 0.410 e. The van der Waals surface area contributed by atoms with Gasteiger partial charge in [0.1, 0.15) is 5.60 Å². The first kappa shape index (κ1) is 21.1. The van der Waals surface area contributed by atoms with Crippen LogP contribution < -0.4 is 0 Å². The van der Waals surface area contributed by atoms with Crippen LogP contribution in [0.5, 0.6) is 0 Å². The average Bonchev–Trinajstić information content (AvgIpc) is 2.67. The van der Waals surface area contributed by atoms with Gasteiger partial charge in [-0.2, -0.15) is 0 Å². The van der Waals surface area contributed by atoms with Crippen LogP contribution >= 0.6 is 15.9 Å². The Bertz CT molecular complexity index is 700. The Balaban J connectivity index is 1.71. The number of carbonyl (C=O) groups excluding carboxylic acids is 2. The van der Waals surface area contributed by atoms with Gasteiger partial charge in [0.05, 0.1) is 5.41 Å². The standard InChI is InChI=1S/C21H29BrN2O4/c1-20(2,3)28-19(26)24-12-10-23(11-13-24)18(25)21(8-14-27-15-9-21)16-4-6-17(22)7-5-16/h4-7H,8-15H2,1-3H3. The number of amides is 2. The largest absolute Gasteiger partial charge is 0.444 e. The van der Waals surface area contributed by atoms with Crippen molar-refractivity contribution in [2.75, 3.05) is 39.4 Å². The van der Waals surface area contributed by atoms with Gasteiger partial charge in [-0.05, 0) is 51.3 Å². The molecule has 2 aliphatic heterocycles. The van der Waals surface area contributed by atoms with Crippen molar-refractivity contribution in [1.29, 1.82) is 0 Å². The van der Waals surface area contributed by atoms with E-state index in [-0.39, 0.29) is 12.0 Å². The molecule has 0 aliphatic carbocycles. The number of carbonyl (C=O) groups is 2. The number of ether oxygens (including phenoxy) is 2. The molecule has 6 nitrogen and oxygen atoms in total. The van der Waals surface area contributed by atoms with Crippen molar-refractivity contribution < 1.29 is 19.1 Å². The zero-order chi connectivity index (χ0) is 20.4. The van der Waals surface area contributed by atoms with Crippen LogP contribution in [0.15, 0.2) is 28.7 Å². The van der Waals surface area contributed by atoms with E-state index in [9.17, 15) is 9.59 Å². The van der Waals surface area contributed by atoms with E-state index in [1.807, 2.05) is 49.9 Å². The van der Waals surface area contributed by atoms with E-state index < -0.39 is 11.0 Å². The maximum absolute atomic E-state index is 13.6. The van der Waals surface area contributed by atoms with E-state index >= 15 is 0 Å². The number of piperazine rings is 1. The Morgan fingerprint density at radius 3 is 2.07 bits per heavy atom. The first-order valence-electron chi connectivity index (χ1n) is 9.82. The van der Waals surface area contributed by atoms with Crippen LogP contribution in [-0.2, 0) is 19.7 Å². The van der Waals surface area contributed by atoms with Crippen molar-refractivity contribution in [1.82, 2.24) is 9.80 Å². The van der Waals surface area contributed by atoms with Gasteiger partial charge in [0.25, 0.3) is 0 Å². The van der Waals surface area contributed by atoms with Gasteiger partial charge >= 0.3 is 6.09 Å². The summed E-state index contributed by atoms with van der Waals surface area (Å²) < 4.78 is 12.0. The van der Waals surface area contributed by atoms with Gasteiger partial charge < -0.3 is 19.3 Å². The molecule has 0 saturated carbocycles. The normalized spacial score (nSPS) is 20.0. The Kier molecular flexibility index (Phi) is 6.34.